The zero-order valence-corrected chi connectivity index (χ0v) is 18.7. The average molecular weight is 375 g/mol. The smallest absolute Gasteiger partial charge is 0.328 e. The zero-order chi connectivity index (χ0) is 21.5. The van der Waals surface area contributed by atoms with Gasteiger partial charge in [0.1, 0.15) is 6.04 Å². The Morgan fingerprint density at radius 3 is 1.92 bits per heavy atom. The number of hydrogen-bond donors (Lipinski definition) is 0. The first kappa shape index (κ1) is 31.9. The van der Waals surface area contributed by atoms with Gasteiger partial charge in [-0.1, -0.05) is 68.7 Å². The first-order chi connectivity index (χ1) is 12.3. The second-order valence-electron chi connectivity index (χ2n) is 5.59. The minimum atomic E-state index is -0.523. The summed E-state index contributed by atoms with van der Waals surface area (Å²) in [7, 11) is 1.29. The minimum Gasteiger partial charge on any atom is -0.467 e. The van der Waals surface area contributed by atoms with Gasteiger partial charge in [0, 0.05) is 6.54 Å². The van der Waals surface area contributed by atoms with Crippen molar-refractivity contribution < 1.29 is 19.1 Å². The molecule has 6 nitrogen and oxygen atoms in total. The number of hydrogen-bond acceptors (Lipinski definition) is 5. The van der Waals surface area contributed by atoms with Crippen molar-refractivity contribution in [3.8, 4) is 6.26 Å². The number of esters is 1. The summed E-state index contributed by atoms with van der Waals surface area (Å²) >= 11 is 0. The summed E-state index contributed by atoms with van der Waals surface area (Å²) in [6, 6.07) is -0.523. The number of nitriles is 1. The summed E-state index contributed by atoms with van der Waals surface area (Å²) in [5, 5.41) is 8.14. The van der Waals surface area contributed by atoms with Crippen LogP contribution >= 0.6 is 0 Å². The van der Waals surface area contributed by atoms with Gasteiger partial charge in [-0.05, 0) is 18.8 Å². The van der Waals surface area contributed by atoms with Crippen molar-refractivity contribution in [2.24, 2.45) is 5.92 Å². The largest absolute Gasteiger partial charge is 0.467 e. The summed E-state index contributed by atoms with van der Waals surface area (Å²) in [5.74, 6) is 0.0576. The Morgan fingerprint density at radius 1 is 1.15 bits per heavy atom. The van der Waals surface area contributed by atoms with Crippen LogP contribution in [0.5, 0.6) is 0 Å². The van der Waals surface area contributed by atoms with E-state index in [1.54, 1.807) is 0 Å². The second kappa shape index (κ2) is 25.5. The highest BCUT2D eigenvalue weighted by atomic mass is 16.5. The van der Waals surface area contributed by atoms with Gasteiger partial charge in [0.2, 0.25) is 0 Å². The van der Waals surface area contributed by atoms with Crippen molar-refractivity contribution >= 4 is 11.9 Å². The van der Waals surface area contributed by atoms with Gasteiger partial charge < -0.3 is 14.4 Å². The van der Waals surface area contributed by atoms with Crippen molar-refractivity contribution in [3.63, 3.8) is 0 Å². The molecule has 0 aromatic rings. The molecule has 1 amide bonds. The monoisotopic (exact) mass is 374 g/mol. The Balaban J connectivity index is -0.000000184. The number of nitrogens with zero attached hydrogens (tertiary/aromatic N) is 2. The Bertz CT molecular complexity index is 349. The van der Waals surface area contributed by atoms with Gasteiger partial charge in [0.15, 0.2) is 6.61 Å². The van der Waals surface area contributed by atoms with Crippen molar-refractivity contribution in [2.75, 3.05) is 20.3 Å². The van der Waals surface area contributed by atoms with E-state index in [1.807, 2.05) is 27.7 Å². The molecule has 0 N–H and O–H groups in total. The Labute approximate surface area is 161 Å². The number of carbonyl (C=O) groups excluding carboxylic acids is 2. The lowest BCUT2D eigenvalue weighted by atomic mass is 10.2. The van der Waals surface area contributed by atoms with Crippen LogP contribution in [0.15, 0.2) is 0 Å². The van der Waals surface area contributed by atoms with E-state index in [9.17, 15) is 9.59 Å². The van der Waals surface area contributed by atoms with Crippen LogP contribution in [-0.4, -0.2) is 43.1 Å². The molecule has 1 rings (SSSR count). The molecule has 6 heteroatoms. The summed E-state index contributed by atoms with van der Waals surface area (Å²) in [6.07, 6.45) is 4.03. The maximum absolute atomic E-state index is 11.5. The van der Waals surface area contributed by atoms with Crippen LogP contribution < -0.4 is 0 Å². The fraction of sp³-hybridized carbons (Fsp3) is 0.850. The average Bonchev–Trinajstić information content (AvgIpc) is 3.12. The van der Waals surface area contributed by atoms with Crippen LogP contribution in [0.25, 0.3) is 0 Å². The van der Waals surface area contributed by atoms with Gasteiger partial charge in [-0.25, -0.2) is 4.79 Å². The molecular formula is C20H42N2O4. The van der Waals surface area contributed by atoms with Gasteiger partial charge in [-0.3, -0.25) is 4.79 Å². The van der Waals surface area contributed by atoms with E-state index < -0.39 is 12.0 Å². The number of rotatable bonds is 3. The number of ether oxygens (including phenoxy) is 2. The van der Waals surface area contributed by atoms with E-state index in [1.165, 1.54) is 24.7 Å². The van der Waals surface area contributed by atoms with E-state index >= 15 is 0 Å². The molecule has 0 spiro atoms. The fourth-order valence-corrected chi connectivity index (χ4v) is 1.62. The summed E-state index contributed by atoms with van der Waals surface area (Å²) in [6.45, 7) is 18.9. The molecule has 0 aliphatic carbocycles. The number of methoxy groups -OCH3 is 1. The molecule has 156 valence electrons. The predicted octanol–water partition coefficient (Wildman–Crippen LogP) is 4.78. The van der Waals surface area contributed by atoms with E-state index in [-0.39, 0.29) is 12.5 Å². The lowest BCUT2D eigenvalue weighted by Gasteiger charge is -2.21. The maximum Gasteiger partial charge on any atom is 0.328 e. The van der Waals surface area contributed by atoms with Crippen LogP contribution in [0.4, 0.5) is 0 Å². The molecule has 1 aliphatic rings. The predicted molar refractivity (Wildman–Crippen MR) is 107 cm³/mol. The Hall–Kier alpha value is -1.77. The molecule has 0 aromatic carbocycles. The molecule has 1 unspecified atom stereocenters. The third-order valence-corrected chi connectivity index (χ3v) is 2.31. The zero-order valence-electron chi connectivity index (χ0n) is 18.7. The van der Waals surface area contributed by atoms with Gasteiger partial charge in [0.05, 0.1) is 7.11 Å². The van der Waals surface area contributed by atoms with Crippen molar-refractivity contribution in [3.05, 3.63) is 0 Å². The fourth-order valence-electron chi connectivity index (χ4n) is 1.62. The highest BCUT2D eigenvalue weighted by Crippen LogP contribution is 2.18. The van der Waals surface area contributed by atoms with E-state index in [2.05, 4.69) is 44.1 Å². The van der Waals surface area contributed by atoms with Crippen molar-refractivity contribution in [2.45, 2.75) is 87.6 Å². The summed E-state index contributed by atoms with van der Waals surface area (Å²) < 4.78 is 8.91. The standard InChI is InChI=1S/C9H12N2O4.C4H10.C3H8.2C2H6/c1-14-9(13)7-3-2-4-11(7)8(12)5-15-6-10;1-4(2)3;1-3-2;2*1-2/h7H,2-5H2,1H3;4H,1-3H3;3H2,1-2H3;2*1-2H3. The van der Waals surface area contributed by atoms with Crippen LogP contribution in [0.3, 0.4) is 0 Å². The molecule has 0 saturated carbocycles. The third-order valence-electron chi connectivity index (χ3n) is 2.31. The van der Waals surface area contributed by atoms with E-state index in [0.717, 1.165) is 12.3 Å². The number of likely N-dealkylation sites (tertiary alicyclic amines) is 1. The summed E-state index contributed by atoms with van der Waals surface area (Å²) in [5.41, 5.74) is 0. The van der Waals surface area contributed by atoms with Gasteiger partial charge in [-0.15, -0.1) is 0 Å². The molecule has 0 bridgehead atoms. The van der Waals surface area contributed by atoms with Crippen LogP contribution in [0.2, 0.25) is 0 Å². The van der Waals surface area contributed by atoms with Crippen LogP contribution in [-0.2, 0) is 19.1 Å². The molecule has 26 heavy (non-hydrogen) atoms. The molecule has 1 heterocycles. The van der Waals surface area contributed by atoms with Crippen molar-refractivity contribution in [1.29, 1.82) is 5.26 Å². The van der Waals surface area contributed by atoms with Gasteiger partial charge in [-0.2, -0.15) is 5.26 Å². The van der Waals surface area contributed by atoms with Gasteiger partial charge >= 0.3 is 5.97 Å². The third kappa shape index (κ3) is 20.3. The molecule has 1 fully saturated rings. The molecule has 0 radical (unpaired) electrons. The first-order valence-corrected chi connectivity index (χ1v) is 9.73. The molecule has 1 aliphatic heterocycles. The highest BCUT2D eigenvalue weighted by molar-refractivity contribution is 5.85. The van der Waals surface area contributed by atoms with Crippen LogP contribution in [0, 0.1) is 17.4 Å². The number of amides is 1. The lowest BCUT2D eigenvalue weighted by molar-refractivity contribution is -0.151. The van der Waals surface area contributed by atoms with Gasteiger partial charge in [0.25, 0.3) is 12.2 Å². The van der Waals surface area contributed by atoms with Crippen LogP contribution in [0.1, 0.15) is 81.6 Å². The molecule has 0 aromatic heterocycles. The second-order valence-corrected chi connectivity index (χ2v) is 5.59. The normalized spacial score (nSPS) is 13.8. The minimum absolute atomic E-state index is 0.315. The first-order valence-electron chi connectivity index (χ1n) is 9.73. The maximum atomic E-state index is 11.5. The van der Waals surface area contributed by atoms with Crippen molar-refractivity contribution in [1.82, 2.24) is 4.90 Å². The van der Waals surface area contributed by atoms with E-state index in [4.69, 9.17) is 5.26 Å². The highest BCUT2D eigenvalue weighted by Gasteiger charge is 2.34. The molecular weight excluding hydrogens is 332 g/mol. The molecule has 1 atom stereocenters. The quantitative estimate of drug-likeness (QED) is 0.524. The molecule has 1 saturated heterocycles. The SMILES string of the molecule is CC.CC.CC(C)C.CCC.COC(=O)C1CCCN1C(=O)COC#N. The Kier molecular flexibility index (Phi) is 31.3. The number of carbonyl (C=O) groups is 2. The van der Waals surface area contributed by atoms with E-state index in [0.29, 0.717) is 13.0 Å². The summed E-state index contributed by atoms with van der Waals surface area (Å²) in [4.78, 5) is 24.1. The topological polar surface area (TPSA) is 79.6 Å². The Morgan fingerprint density at radius 2 is 1.58 bits per heavy atom. The lowest BCUT2D eigenvalue weighted by Crippen LogP contribution is -2.42.